The number of hydrogen-bond acceptors (Lipinski definition) is 8. The Kier molecular flexibility index (Phi) is 3.68. The van der Waals surface area contributed by atoms with E-state index in [1.165, 1.54) is 16.4 Å². The van der Waals surface area contributed by atoms with Crippen molar-refractivity contribution in [3.8, 4) is 11.3 Å². The Morgan fingerprint density at radius 2 is 2.15 bits per heavy atom. The lowest BCUT2D eigenvalue weighted by molar-refractivity contribution is 1.13. The van der Waals surface area contributed by atoms with Gasteiger partial charge in [-0.3, -0.25) is 0 Å². The molecular formula is C12H13N5S3. The van der Waals surface area contributed by atoms with Crippen LogP contribution in [0, 0.1) is 13.8 Å². The number of nitrogens with zero attached hydrogens (tertiary/aromatic N) is 3. The predicted octanol–water partition coefficient (Wildman–Crippen LogP) is 3.53. The second kappa shape index (κ2) is 5.47. The van der Waals surface area contributed by atoms with Gasteiger partial charge in [0.1, 0.15) is 10.8 Å². The summed E-state index contributed by atoms with van der Waals surface area (Å²) < 4.78 is 4.23. The number of nitrogen functional groups attached to an aromatic ring is 1. The third kappa shape index (κ3) is 2.54. The molecule has 0 aromatic carbocycles. The van der Waals surface area contributed by atoms with E-state index in [-0.39, 0.29) is 0 Å². The van der Waals surface area contributed by atoms with Crippen LogP contribution in [-0.2, 0) is 6.54 Å². The molecule has 3 aromatic rings. The van der Waals surface area contributed by atoms with E-state index in [0.29, 0.717) is 5.82 Å². The highest BCUT2D eigenvalue weighted by atomic mass is 32.1. The van der Waals surface area contributed by atoms with E-state index in [1.807, 2.05) is 24.7 Å². The third-order valence-electron chi connectivity index (χ3n) is 2.85. The first-order valence-corrected chi connectivity index (χ1v) is 8.49. The van der Waals surface area contributed by atoms with Gasteiger partial charge in [0, 0.05) is 10.3 Å². The molecule has 0 spiro atoms. The molecule has 0 aliphatic heterocycles. The van der Waals surface area contributed by atoms with Gasteiger partial charge in [-0.05, 0) is 25.4 Å². The van der Waals surface area contributed by atoms with E-state index in [9.17, 15) is 0 Å². The first kappa shape index (κ1) is 13.5. The highest BCUT2D eigenvalue weighted by Gasteiger charge is 2.16. The third-order valence-corrected chi connectivity index (χ3v) is 5.38. The molecule has 0 saturated heterocycles. The molecule has 0 radical (unpaired) electrons. The number of nitrogens with one attached hydrogen (secondary N) is 1. The molecule has 3 aromatic heterocycles. The maximum Gasteiger partial charge on any atom is 0.148 e. The normalized spacial score (nSPS) is 10.9. The summed E-state index contributed by atoms with van der Waals surface area (Å²) in [7, 11) is 0. The Labute approximate surface area is 128 Å². The molecule has 3 heterocycles. The summed E-state index contributed by atoms with van der Waals surface area (Å²) in [6.45, 7) is 4.73. The zero-order chi connectivity index (χ0) is 14.1. The number of nitrogens with two attached hydrogens (primary N) is 1. The molecule has 3 rings (SSSR count). The van der Waals surface area contributed by atoms with Crippen molar-refractivity contribution in [1.29, 1.82) is 0 Å². The fraction of sp³-hybridized carbons (Fsp3) is 0.250. The van der Waals surface area contributed by atoms with Crippen LogP contribution < -0.4 is 11.1 Å². The lowest BCUT2D eigenvalue weighted by atomic mass is 10.2. The van der Waals surface area contributed by atoms with Crippen LogP contribution in [0.1, 0.15) is 15.6 Å². The minimum Gasteiger partial charge on any atom is -0.382 e. The number of aromatic nitrogens is 3. The lowest BCUT2D eigenvalue weighted by Gasteiger charge is -2.04. The van der Waals surface area contributed by atoms with Crippen LogP contribution in [0.2, 0.25) is 0 Å². The molecule has 8 heteroatoms. The van der Waals surface area contributed by atoms with Gasteiger partial charge in [0.15, 0.2) is 0 Å². The summed E-state index contributed by atoms with van der Waals surface area (Å²) in [5.74, 6) is 0.531. The van der Waals surface area contributed by atoms with Crippen LogP contribution in [0.15, 0.2) is 10.9 Å². The fourth-order valence-electron chi connectivity index (χ4n) is 1.81. The van der Waals surface area contributed by atoms with Gasteiger partial charge in [0.2, 0.25) is 0 Å². The van der Waals surface area contributed by atoms with E-state index in [0.717, 1.165) is 33.5 Å². The van der Waals surface area contributed by atoms with E-state index in [2.05, 4.69) is 19.7 Å². The van der Waals surface area contributed by atoms with Crippen molar-refractivity contribution < 1.29 is 0 Å². The molecule has 5 nitrogen and oxygen atoms in total. The van der Waals surface area contributed by atoms with Crippen molar-refractivity contribution >= 4 is 45.0 Å². The maximum atomic E-state index is 5.98. The van der Waals surface area contributed by atoms with Gasteiger partial charge in [0.25, 0.3) is 0 Å². The summed E-state index contributed by atoms with van der Waals surface area (Å²) in [4.78, 5) is 9.96. The predicted molar refractivity (Wildman–Crippen MR) is 86.5 cm³/mol. The standard InChI is InChI=1S/C12H13N5S3/c1-6-9(19-5-15-6)3-14-12-10(11(13)17-20-12)8-4-18-7(2)16-8/h4-5,14H,3H2,1-2H3,(H2,13,17). The summed E-state index contributed by atoms with van der Waals surface area (Å²) in [5, 5.41) is 7.39. The Morgan fingerprint density at radius 1 is 1.30 bits per heavy atom. The Morgan fingerprint density at radius 3 is 2.80 bits per heavy atom. The highest BCUT2D eigenvalue weighted by molar-refractivity contribution is 7.12. The van der Waals surface area contributed by atoms with Crippen molar-refractivity contribution in [2.75, 3.05) is 11.1 Å². The van der Waals surface area contributed by atoms with E-state index >= 15 is 0 Å². The molecule has 104 valence electrons. The average molecular weight is 323 g/mol. The molecule has 3 N–H and O–H groups in total. The fourth-order valence-corrected chi connectivity index (χ4v) is 3.84. The molecule has 0 saturated carbocycles. The molecular weight excluding hydrogens is 310 g/mol. The minimum absolute atomic E-state index is 0.531. The first-order valence-electron chi connectivity index (χ1n) is 5.95. The van der Waals surface area contributed by atoms with Gasteiger partial charge >= 0.3 is 0 Å². The summed E-state index contributed by atoms with van der Waals surface area (Å²) in [6, 6.07) is 0. The Balaban J connectivity index is 1.86. The van der Waals surface area contributed by atoms with Gasteiger partial charge in [-0.2, -0.15) is 4.37 Å². The van der Waals surface area contributed by atoms with Gasteiger partial charge in [0.05, 0.1) is 34.0 Å². The van der Waals surface area contributed by atoms with Crippen molar-refractivity contribution in [2.45, 2.75) is 20.4 Å². The lowest BCUT2D eigenvalue weighted by Crippen LogP contribution is -1.99. The summed E-state index contributed by atoms with van der Waals surface area (Å²) in [6.07, 6.45) is 0. The van der Waals surface area contributed by atoms with Crippen LogP contribution in [0.4, 0.5) is 10.8 Å². The molecule has 0 bridgehead atoms. The average Bonchev–Trinajstić information content (AvgIpc) is 3.09. The van der Waals surface area contributed by atoms with Crippen LogP contribution in [0.25, 0.3) is 11.3 Å². The topological polar surface area (TPSA) is 76.7 Å². The highest BCUT2D eigenvalue weighted by Crippen LogP contribution is 2.37. The van der Waals surface area contributed by atoms with E-state index in [4.69, 9.17) is 5.73 Å². The number of anilines is 2. The number of hydrogen-bond donors (Lipinski definition) is 2. The van der Waals surface area contributed by atoms with Gasteiger partial charge in [-0.15, -0.1) is 22.7 Å². The molecule has 0 aliphatic carbocycles. The second-order valence-corrected chi connectivity index (χ2v) is 7.01. The first-order chi connectivity index (χ1) is 9.65. The molecule has 20 heavy (non-hydrogen) atoms. The van der Waals surface area contributed by atoms with Gasteiger partial charge in [-0.1, -0.05) is 0 Å². The largest absolute Gasteiger partial charge is 0.382 e. The number of thiazole rings is 2. The molecule has 0 fully saturated rings. The zero-order valence-electron chi connectivity index (χ0n) is 11.0. The number of aryl methyl sites for hydroxylation is 2. The van der Waals surface area contributed by atoms with Gasteiger partial charge in [-0.25, -0.2) is 9.97 Å². The van der Waals surface area contributed by atoms with Gasteiger partial charge < -0.3 is 11.1 Å². The molecule has 0 unspecified atom stereocenters. The number of rotatable bonds is 4. The molecule has 0 atom stereocenters. The maximum absolute atomic E-state index is 5.98. The van der Waals surface area contributed by atoms with Crippen LogP contribution in [0.5, 0.6) is 0 Å². The molecule has 0 amide bonds. The summed E-state index contributed by atoms with van der Waals surface area (Å²) in [5.41, 5.74) is 10.7. The van der Waals surface area contributed by atoms with Crippen LogP contribution in [0.3, 0.4) is 0 Å². The van der Waals surface area contributed by atoms with E-state index in [1.54, 1.807) is 22.7 Å². The van der Waals surface area contributed by atoms with E-state index < -0.39 is 0 Å². The van der Waals surface area contributed by atoms with Crippen molar-refractivity contribution in [3.63, 3.8) is 0 Å². The Bertz CT molecular complexity index is 727. The minimum atomic E-state index is 0.531. The van der Waals surface area contributed by atoms with Crippen molar-refractivity contribution in [2.24, 2.45) is 0 Å². The smallest absolute Gasteiger partial charge is 0.148 e. The second-order valence-electron chi connectivity index (χ2n) is 4.24. The van der Waals surface area contributed by atoms with Crippen LogP contribution in [-0.4, -0.2) is 14.3 Å². The molecule has 0 aliphatic rings. The zero-order valence-corrected chi connectivity index (χ0v) is 13.5. The monoisotopic (exact) mass is 323 g/mol. The SMILES string of the molecule is Cc1nc(-c2c(N)nsc2NCc2scnc2C)cs1. The summed E-state index contributed by atoms with van der Waals surface area (Å²) >= 11 is 4.63. The van der Waals surface area contributed by atoms with Crippen molar-refractivity contribution in [3.05, 3.63) is 26.5 Å². The van der Waals surface area contributed by atoms with Crippen LogP contribution >= 0.6 is 34.2 Å². The van der Waals surface area contributed by atoms with Crippen molar-refractivity contribution in [1.82, 2.24) is 14.3 Å². The quantitative estimate of drug-likeness (QED) is 0.768. The Hall–Kier alpha value is -1.51.